The fourth-order valence-corrected chi connectivity index (χ4v) is 2.99. The summed E-state index contributed by atoms with van der Waals surface area (Å²) in [5, 5.41) is 0. The van der Waals surface area contributed by atoms with Crippen molar-refractivity contribution in [3.8, 4) is 5.75 Å². The van der Waals surface area contributed by atoms with Crippen LogP contribution in [-0.4, -0.2) is 6.36 Å². The van der Waals surface area contributed by atoms with E-state index >= 15 is 0 Å². The van der Waals surface area contributed by atoms with Gasteiger partial charge in [-0.05, 0) is 45.8 Å². The molecular weight excluding hydrogens is 343 g/mol. The summed E-state index contributed by atoms with van der Waals surface area (Å²) in [7, 11) is 0. The van der Waals surface area contributed by atoms with E-state index in [9.17, 15) is 13.2 Å². The van der Waals surface area contributed by atoms with Gasteiger partial charge in [-0.15, -0.1) is 24.5 Å². The summed E-state index contributed by atoms with van der Waals surface area (Å²) in [6.07, 6.45) is -4.68. The molecule has 0 amide bonds. The first-order valence-electron chi connectivity index (χ1n) is 5.22. The Kier molecular flexibility index (Phi) is 4.17. The number of hydrogen-bond donors (Lipinski definition) is 1. The first-order valence-corrected chi connectivity index (χ1v) is 6.82. The molecule has 2 N–H and O–H groups in total. The van der Waals surface area contributed by atoms with Crippen LogP contribution in [0.15, 0.2) is 40.2 Å². The van der Waals surface area contributed by atoms with E-state index in [0.717, 1.165) is 14.2 Å². The van der Waals surface area contributed by atoms with Gasteiger partial charge in [0.25, 0.3) is 0 Å². The highest BCUT2D eigenvalue weighted by atomic mass is 79.9. The molecule has 7 heteroatoms. The molecule has 0 aliphatic carbocycles. The maximum absolute atomic E-state index is 12.0. The second kappa shape index (κ2) is 5.52. The molecule has 0 saturated heterocycles. The van der Waals surface area contributed by atoms with E-state index in [1.54, 1.807) is 0 Å². The summed E-state index contributed by atoms with van der Waals surface area (Å²) in [6, 6.07) is 8.95. The number of halogens is 4. The van der Waals surface area contributed by atoms with E-state index in [0.29, 0.717) is 0 Å². The zero-order valence-electron chi connectivity index (χ0n) is 9.45. The van der Waals surface area contributed by atoms with Gasteiger partial charge < -0.3 is 10.5 Å². The Labute approximate surface area is 120 Å². The first-order chi connectivity index (χ1) is 8.85. The average Bonchev–Trinajstić information content (AvgIpc) is 2.74. The van der Waals surface area contributed by atoms with Crippen LogP contribution in [0.2, 0.25) is 0 Å². The second-order valence-electron chi connectivity index (χ2n) is 3.74. The lowest BCUT2D eigenvalue weighted by Gasteiger charge is -2.12. The number of thiophene rings is 1. The molecule has 2 rings (SSSR count). The van der Waals surface area contributed by atoms with E-state index in [1.165, 1.54) is 35.6 Å². The third kappa shape index (κ3) is 3.95. The molecule has 102 valence electrons. The van der Waals surface area contributed by atoms with Gasteiger partial charge in [-0.2, -0.15) is 0 Å². The Morgan fingerprint density at radius 1 is 1.11 bits per heavy atom. The van der Waals surface area contributed by atoms with Crippen LogP contribution in [-0.2, 0) is 0 Å². The molecular formula is C12H9BrF3NOS. The van der Waals surface area contributed by atoms with Gasteiger partial charge in [0.2, 0.25) is 0 Å². The quantitative estimate of drug-likeness (QED) is 0.885. The van der Waals surface area contributed by atoms with E-state index < -0.39 is 6.36 Å². The largest absolute Gasteiger partial charge is 0.573 e. The van der Waals surface area contributed by atoms with Gasteiger partial charge >= 0.3 is 6.36 Å². The predicted molar refractivity (Wildman–Crippen MR) is 71.2 cm³/mol. The Balaban J connectivity index is 2.14. The maximum Gasteiger partial charge on any atom is 0.573 e. The van der Waals surface area contributed by atoms with Crippen molar-refractivity contribution in [1.29, 1.82) is 0 Å². The van der Waals surface area contributed by atoms with Gasteiger partial charge in [0.1, 0.15) is 5.75 Å². The fourth-order valence-electron chi connectivity index (χ4n) is 1.54. The van der Waals surface area contributed by atoms with Crippen LogP contribution in [0.4, 0.5) is 13.2 Å². The number of alkyl halides is 3. The molecule has 1 aromatic heterocycles. The zero-order chi connectivity index (χ0) is 14.0. The lowest BCUT2D eigenvalue weighted by Crippen LogP contribution is -2.17. The molecule has 0 aliphatic heterocycles. The Morgan fingerprint density at radius 3 is 2.21 bits per heavy atom. The van der Waals surface area contributed by atoms with Crippen LogP contribution >= 0.6 is 27.3 Å². The highest BCUT2D eigenvalue weighted by Gasteiger charge is 2.31. The number of nitrogens with two attached hydrogens (primary N) is 1. The van der Waals surface area contributed by atoms with Crippen LogP contribution < -0.4 is 10.5 Å². The minimum Gasteiger partial charge on any atom is -0.406 e. The molecule has 1 atom stereocenters. The molecule has 2 aromatic rings. The molecule has 0 radical (unpaired) electrons. The van der Waals surface area contributed by atoms with Crippen molar-refractivity contribution in [2.75, 3.05) is 0 Å². The lowest BCUT2D eigenvalue weighted by molar-refractivity contribution is -0.274. The van der Waals surface area contributed by atoms with Crippen molar-refractivity contribution in [2.45, 2.75) is 12.4 Å². The molecule has 0 unspecified atom stereocenters. The van der Waals surface area contributed by atoms with Gasteiger partial charge in [-0.3, -0.25) is 0 Å². The normalized spacial score (nSPS) is 13.3. The van der Waals surface area contributed by atoms with Crippen LogP contribution in [0, 0.1) is 0 Å². The third-order valence-corrected chi connectivity index (χ3v) is 4.08. The van der Waals surface area contributed by atoms with Gasteiger partial charge in [0.15, 0.2) is 0 Å². The van der Waals surface area contributed by atoms with Crippen molar-refractivity contribution in [3.63, 3.8) is 0 Å². The Morgan fingerprint density at radius 2 is 1.74 bits per heavy atom. The topological polar surface area (TPSA) is 35.2 Å². The summed E-state index contributed by atoms with van der Waals surface area (Å²) in [5.74, 6) is -0.254. The average molecular weight is 352 g/mol. The van der Waals surface area contributed by atoms with Gasteiger partial charge in [-0.25, -0.2) is 0 Å². The summed E-state index contributed by atoms with van der Waals surface area (Å²) >= 11 is 4.82. The highest BCUT2D eigenvalue weighted by molar-refractivity contribution is 9.11. The number of rotatable bonds is 3. The lowest BCUT2D eigenvalue weighted by atomic mass is 10.1. The van der Waals surface area contributed by atoms with Gasteiger partial charge in [0.05, 0.1) is 9.83 Å². The van der Waals surface area contributed by atoms with Crippen LogP contribution in [0.3, 0.4) is 0 Å². The standard InChI is InChI=1S/C12H9BrF3NOS/c13-10-6-5-9(19-10)11(17)7-1-3-8(4-2-7)18-12(14,15)16/h1-6,11H,17H2/t11-/m1/s1. The molecule has 19 heavy (non-hydrogen) atoms. The number of hydrogen-bond acceptors (Lipinski definition) is 3. The second-order valence-corrected chi connectivity index (χ2v) is 6.23. The fraction of sp³-hybridized carbons (Fsp3) is 0.167. The monoisotopic (exact) mass is 351 g/mol. The third-order valence-electron chi connectivity index (χ3n) is 2.37. The maximum atomic E-state index is 12.0. The van der Waals surface area contributed by atoms with Crippen molar-refractivity contribution in [3.05, 3.63) is 50.6 Å². The SMILES string of the molecule is N[C@H](c1ccc(OC(F)(F)F)cc1)c1ccc(Br)s1. The van der Waals surface area contributed by atoms with Crippen molar-refractivity contribution in [2.24, 2.45) is 5.73 Å². The van der Waals surface area contributed by atoms with E-state index in [4.69, 9.17) is 5.73 Å². The molecule has 0 spiro atoms. The van der Waals surface area contributed by atoms with Gasteiger partial charge in [-0.1, -0.05) is 12.1 Å². The summed E-state index contributed by atoms with van der Waals surface area (Å²) in [6.45, 7) is 0. The summed E-state index contributed by atoms with van der Waals surface area (Å²) < 4.78 is 40.8. The molecule has 1 heterocycles. The molecule has 1 aromatic carbocycles. The number of benzene rings is 1. The molecule has 0 bridgehead atoms. The highest BCUT2D eigenvalue weighted by Crippen LogP contribution is 2.31. The molecule has 0 fully saturated rings. The van der Waals surface area contributed by atoms with Gasteiger partial charge in [0, 0.05) is 4.88 Å². The van der Waals surface area contributed by atoms with Crippen LogP contribution in [0.25, 0.3) is 0 Å². The number of ether oxygens (including phenoxy) is 1. The molecule has 0 saturated carbocycles. The van der Waals surface area contributed by atoms with Crippen LogP contribution in [0.5, 0.6) is 5.75 Å². The molecule has 2 nitrogen and oxygen atoms in total. The Hall–Kier alpha value is -1.05. The van der Waals surface area contributed by atoms with Crippen molar-refractivity contribution >= 4 is 27.3 Å². The Bertz CT molecular complexity index is 553. The van der Waals surface area contributed by atoms with E-state index in [-0.39, 0.29) is 11.8 Å². The molecule has 0 aliphatic rings. The van der Waals surface area contributed by atoms with E-state index in [2.05, 4.69) is 20.7 Å². The smallest absolute Gasteiger partial charge is 0.406 e. The van der Waals surface area contributed by atoms with Crippen molar-refractivity contribution < 1.29 is 17.9 Å². The zero-order valence-corrected chi connectivity index (χ0v) is 11.8. The first kappa shape index (κ1) is 14.4. The summed E-state index contributed by atoms with van der Waals surface area (Å²) in [5.41, 5.74) is 6.76. The van der Waals surface area contributed by atoms with E-state index in [1.807, 2.05) is 12.1 Å². The summed E-state index contributed by atoms with van der Waals surface area (Å²) in [4.78, 5) is 0.927. The van der Waals surface area contributed by atoms with Crippen LogP contribution in [0.1, 0.15) is 16.5 Å². The minimum atomic E-state index is -4.68. The minimum absolute atomic E-state index is 0.254. The van der Waals surface area contributed by atoms with Crippen molar-refractivity contribution in [1.82, 2.24) is 0 Å². The predicted octanol–water partition coefficient (Wildman–Crippen LogP) is 4.46.